The van der Waals surface area contributed by atoms with Crippen molar-refractivity contribution in [3.63, 3.8) is 0 Å². The maximum absolute atomic E-state index is 13.4. The molecule has 2 aromatic carbocycles. The number of amides is 1. The first kappa shape index (κ1) is 27.2. The normalized spacial score (nSPS) is 11.0. The molecule has 1 N–H and O–H groups in total. The number of aromatic nitrogens is 5. The van der Waals surface area contributed by atoms with Crippen molar-refractivity contribution in [1.82, 2.24) is 24.5 Å². The van der Waals surface area contributed by atoms with E-state index in [2.05, 4.69) is 31.8 Å². The van der Waals surface area contributed by atoms with Crippen LogP contribution in [0.25, 0.3) is 33.4 Å². The predicted octanol–water partition coefficient (Wildman–Crippen LogP) is 5.93. The number of nitrogens with zero attached hydrogens (tertiary/aromatic N) is 5. The van der Waals surface area contributed by atoms with Crippen LogP contribution >= 0.6 is 0 Å². The fourth-order valence-electron chi connectivity index (χ4n) is 4.40. The standard InChI is InChI=1S/C29H24F2N6O4/c1-5-22(38)36-19-9-6-17(7-10-19)25-23(24-26(37(25)3)33-15-34-27(24)41-28(30)31)18-8-11-20(21(14-18)39-4)40-29-32-13-12-16(2)35-29/h5-15,28H,1H2,2-4H3,(H,36,38). The van der Waals surface area contributed by atoms with Crippen molar-refractivity contribution in [2.45, 2.75) is 13.5 Å². The number of fused-ring (bicyclic) bond motifs is 1. The highest BCUT2D eigenvalue weighted by molar-refractivity contribution is 6.06. The highest BCUT2D eigenvalue weighted by Crippen LogP contribution is 2.45. The third-order valence-electron chi connectivity index (χ3n) is 6.17. The van der Waals surface area contributed by atoms with E-state index >= 15 is 0 Å². The molecule has 1 amide bonds. The highest BCUT2D eigenvalue weighted by Gasteiger charge is 2.25. The quantitative estimate of drug-likeness (QED) is 0.222. The Bertz CT molecular complexity index is 1760. The number of benzene rings is 2. The zero-order valence-corrected chi connectivity index (χ0v) is 22.3. The van der Waals surface area contributed by atoms with Gasteiger partial charge >= 0.3 is 12.6 Å². The Morgan fingerprint density at radius 3 is 2.49 bits per heavy atom. The van der Waals surface area contributed by atoms with Crippen LogP contribution in [0.5, 0.6) is 23.4 Å². The van der Waals surface area contributed by atoms with Crippen molar-refractivity contribution in [2.75, 3.05) is 12.4 Å². The van der Waals surface area contributed by atoms with Crippen LogP contribution in [0.1, 0.15) is 5.69 Å². The lowest BCUT2D eigenvalue weighted by molar-refractivity contribution is -0.111. The van der Waals surface area contributed by atoms with Crippen LogP contribution in [0, 0.1) is 6.92 Å². The Morgan fingerprint density at radius 1 is 1.05 bits per heavy atom. The monoisotopic (exact) mass is 558 g/mol. The number of hydrogen-bond acceptors (Lipinski definition) is 8. The fourth-order valence-corrected chi connectivity index (χ4v) is 4.40. The second-order valence-corrected chi connectivity index (χ2v) is 8.76. The lowest BCUT2D eigenvalue weighted by atomic mass is 9.98. The first-order valence-electron chi connectivity index (χ1n) is 12.3. The molecule has 41 heavy (non-hydrogen) atoms. The zero-order valence-electron chi connectivity index (χ0n) is 22.3. The van der Waals surface area contributed by atoms with Crippen LogP contribution in [0.15, 0.2) is 73.7 Å². The molecule has 3 heterocycles. The Morgan fingerprint density at radius 2 is 1.80 bits per heavy atom. The minimum Gasteiger partial charge on any atom is -0.493 e. The van der Waals surface area contributed by atoms with Gasteiger partial charge in [0.25, 0.3) is 0 Å². The molecule has 12 heteroatoms. The first-order chi connectivity index (χ1) is 19.8. The number of ether oxygens (including phenoxy) is 3. The lowest BCUT2D eigenvalue weighted by Gasteiger charge is -2.13. The molecular weight excluding hydrogens is 534 g/mol. The number of hydrogen-bond donors (Lipinski definition) is 1. The van der Waals surface area contributed by atoms with Crippen LogP contribution in [-0.4, -0.2) is 44.1 Å². The molecule has 0 saturated carbocycles. The summed E-state index contributed by atoms with van der Waals surface area (Å²) in [6, 6.07) is 14.1. The molecule has 10 nitrogen and oxygen atoms in total. The predicted molar refractivity (Wildman–Crippen MR) is 148 cm³/mol. The third kappa shape index (κ3) is 5.53. The first-order valence-corrected chi connectivity index (χ1v) is 12.3. The van der Waals surface area contributed by atoms with Crippen LogP contribution in [0.4, 0.5) is 14.5 Å². The van der Waals surface area contributed by atoms with Gasteiger partial charge in [-0.3, -0.25) is 4.79 Å². The number of rotatable bonds is 9. The molecule has 0 spiro atoms. The summed E-state index contributed by atoms with van der Waals surface area (Å²) in [6.45, 7) is 2.18. The van der Waals surface area contributed by atoms with Crippen LogP contribution < -0.4 is 19.5 Å². The molecule has 208 valence electrons. The molecule has 5 aromatic rings. The van der Waals surface area contributed by atoms with Gasteiger partial charge in [-0.2, -0.15) is 8.78 Å². The average Bonchev–Trinajstić information content (AvgIpc) is 3.26. The maximum atomic E-state index is 13.4. The van der Waals surface area contributed by atoms with Crippen molar-refractivity contribution in [3.8, 4) is 45.8 Å². The number of nitrogens with one attached hydrogen (secondary N) is 1. The fraction of sp³-hybridized carbons (Fsp3) is 0.138. The van der Waals surface area contributed by atoms with Crippen LogP contribution in [0.3, 0.4) is 0 Å². The Labute approximate surface area is 233 Å². The van der Waals surface area contributed by atoms with Gasteiger partial charge in [0.2, 0.25) is 11.8 Å². The van der Waals surface area contributed by atoms with Crippen LogP contribution in [0.2, 0.25) is 0 Å². The number of carbonyl (C=O) groups excluding carboxylic acids is 1. The Balaban J connectivity index is 1.69. The molecule has 0 aliphatic rings. The Kier molecular flexibility index (Phi) is 7.55. The number of methoxy groups -OCH3 is 1. The van der Waals surface area contributed by atoms with Gasteiger partial charge in [0, 0.05) is 30.2 Å². The summed E-state index contributed by atoms with van der Waals surface area (Å²) in [6.07, 6.45) is 3.92. The molecule has 0 saturated heterocycles. The molecular formula is C29H24F2N6O4. The van der Waals surface area contributed by atoms with Crippen molar-refractivity contribution < 1.29 is 27.8 Å². The van der Waals surface area contributed by atoms with Gasteiger partial charge in [-0.05, 0) is 54.5 Å². The van der Waals surface area contributed by atoms with Crippen molar-refractivity contribution in [1.29, 1.82) is 0 Å². The van der Waals surface area contributed by atoms with E-state index < -0.39 is 6.61 Å². The lowest BCUT2D eigenvalue weighted by Crippen LogP contribution is -2.06. The second-order valence-electron chi connectivity index (χ2n) is 8.76. The van der Waals surface area contributed by atoms with E-state index in [1.165, 1.54) is 19.5 Å². The van der Waals surface area contributed by atoms with E-state index in [-0.39, 0.29) is 23.2 Å². The topological polar surface area (TPSA) is 113 Å². The van der Waals surface area contributed by atoms with Gasteiger partial charge in [-0.25, -0.2) is 19.9 Å². The number of carbonyl (C=O) groups is 1. The molecule has 0 atom stereocenters. The molecule has 5 rings (SSSR count). The van der Waals surface area contributed by atoms with Gasteiger partial charge in [0.15, 0.2) is 11.5 Å². The summed E-state index contributed by atoms with van der Waals surface area (Å²) in [5.74, 6) is 0.0826. The van der Waals surface area contributed by atoms with E-state index in [9.17, 15) is 13.6 Å². The number of alkyl halides is 2. The van der Waals surface area contributed by atoms with Crippen LogP contribution in [-0.2, 0) is 11.8 Å². The summed E-state index contributed by atoms with van der Waals surface area (Å²) in [5.41, 5.74) is 4.13. The molecule has 0 radical (unpaired) electrons. The minimum absolute atomic E-state index is 0.145. The average molecular weight is 559 g/mol. The Hall–Kier alpha value is -5.39. The van der Waals surface area contributed by atoms with E-state index in [4.69, 9.17) is 14.2 Å². The summed E-state index contributed by atoms with van der Waals surface area (Å²) in [4.78, 5) is 28.5. The van der Waals surface area contributed by atoms with E-state index in [1.807, 2.05) is 6.92 Å². The summed E-state index contributed by atoms with van der Waals surface area (Å²) in [7, 11) is 3.25. The summed E-state index contributed by atoms with van der Waals surface area (Å²) in [5, 5.41) is 2.99. The smallest absolute Gasteiger partial charge is 0.388 e. The van der Waals surface area contributed by atoms with E-state index in [0.717, 1.165) is 5.69 Å². The molecule has 0 aliphatic carbocycles. The molecule has 0 aliphatic heterocycles. The number of halogens is 2. The van der Waals surface area contributed by atoms with Gasteiger partial charge in [-0.15, -0.1) is 0 Å². The summed E-state index contributed by atoms with van der Waals surface area (Å²) < 4.78 is 44.9. The zero-order chi connectivity index (χ0) is 29.1. The van der Waals surface area contributed by atoms with Gasteiger partial charge in [-0.1, -0.05) is 24.8 Å². The molecule has 3 aromatic heterocycles. The molecule has 0 bridgehead atoms. The maximum Gasteiger partial charge on any atom is 0.388 e. The highest BCUT2D eigenvalue weighted by atomic mass is 19.3. The molecule has 0 fully saturated rings. The van der Waals surface area contributed by atoms with Crippen molar-refractivity contribution >= 4 is 22.6 Å². The summed E-state index contributed by atoms with van der Waals surface area (Å²) >= 11 is 0. The van der Waals surface area contributed by atoms with Gasteiger partial charge in [0.1, 0.15) is 12.0 Å². The van der Waals surface area contributed by atoms with Crippen molar-refractivity contribution in [2.24, 2.45) is 7.05 Å². The minimum atomic E-state index is -3.10. The van der Waals surface area contributed by atoms with E-state index in [0.29, 0.717) is 45.2 Å². The van der Waals surface area contributed by atoms with Crippen molar-refractivity contribution in [3.05, 3.63) is 79.4 Å². The van der Waals surface area contributed by atoms with E-state index in [1.54, 1.807) is 66.3 Å². The number of aryl methyl sites for hydroxylation is 2. The SMILES string of the molecule is C=CC(=O)Nc1ccc(-c2c(-c3ccc(Oc4nccc(C)n4)c(OC)c3)c3c(OC(F)F)ncnc3n2C)cc1. The van der Waals surface area contributed by atoms with Gasteiger partial charge in [0.05, 0.1) is 18.2 Å². The number of anilines is 1. The second kappa shape index (κ2) is 11.4. The molecule has 0 unspecified atom stereocenters. The van der Waals surface area contributed by atoms with Gasteiger partial charge < -0.3 is 24.1 Å². The largest absolute Gasteiger partial charge is 0.493 e. The third-order valence-corrected chi connectivity index (χ3v) is 6.17.